The molecule has 1 aliphatic rings. The number of benzene rings is 3. The number of nitrogens with zero attached hydrogens (tertiary/aromatic N) is 2. The van der Waals surface area contributed by atoms with Crippen molar-refractivity contribution in [3.05, 3.63) is 76.3 Å². The Hall–Kier alpha value is -3.67. The fourth-order valence-electron chi connectivity index (χ4n) is 5.63. The van der Waals surface area contributed by atoms with Crippen molar-refractivity contribution in [3.63, 3.8) is 0 Å². The van der Waals surface area contributed by atoms with Gasteiger partial charge in [-0.1, -0.05) is 49.0 Å². The zero-order chi connectivity index (χ0) is 34.1. The van der Waals surface area contributed by atoms with Crippen LogP contribution in [-0.2, 0) is 26.2 Å². The summed E-state index contributed by atoms with van der Waals surface area (Å²) in [5.74, 6) is 0.204. The van der Waals surface area contributed by atoms with Crippen LogP contribution in [0.15, 0.2) is 65.6 Å². The molecule has 0 spiro atoms. The Labute approximate surface area is 286 Å². The maximum Gasteiger partial charge on any atom is 0.264 e. The second-order valence-electron chi connectivity index (χ2n) is 11.1. The van der Waals surface area contributed by atoms with E-state index >= 15 is 0 Å². The van der Waals surface area contributed by atoms with Gasteiger partial charge in [0.1, 0.15) is 18.3 Å². The highest BCUT2D eigenvalue weighted by atomic mass is 35.5. The first-order chi connectivity index (χ1) is 22.5. The first kappa shape index (κ1) is 36.2. The number of nitrogens with one attached hydrogen (secondary N) is 1. The summed E-state index contributed by atoms with van der Waals surface area (Å²) in [6.45, 7) is 3.43. The minimum atomic E-state index is -4.36. The van der Waals surface area contributed by atoms with Crippen LogP contribution in [0.2, 0.25) is 10.0 Å². The van der Waals surface area contributed by atoms with Gasteiger partial charge in [0, 0.05) is 28.7 Å². The fourth-order valence-corrected chi connectivity index (χ4v) is 7.53. The minimum absolute atomic E-state index is 0.0263. The number of methoxy groups -OCH3 is 2. The molecular weight excluding hydrogens is 665 g/mol. The molecule has 254 valence electrons. The number of hydrogen-bond donors (Lipinski definition) is 1. The SMILES string of the molecule is CCOc1ccc(N(CC(=O)N(Cc2ccc(Cl)cc2Cl)[C@H](CC)C(=O)NC2CCCC2)S(=O)(=O)c2ccc(OC)c(OC)c2)cc1. The van der Waals surface area contributed by atoms with Gasteiger partial charge in [-0.15, -0.1) is 0 Å². The van der Waals surface area contributed by atoms with Crippen LogP contribution in [-0.4, -0.2) is 64.6 Å². The summed E-state index contributed by atoms with van der Waals surface area (Å²) in [6.07, 6.45) is 4.08. The van der Waals surface area contributed by atoms with E-state index in [4.69, 9.17) is 37.4 Å². The van der Waals surface area contributed by atoms with Gasteiger partial charge in [-0.2, -0.15) is 0 Å². The first-order valence-electron chi connectivity index (χ1n) is 15.5. The molecule has 0 aromatic heterocycles. The number of halogens is 2. The highest BCUT2D eigenvalue weighted by molar-refractivity contribution is 7.92. The summed E-state index contributed by atoms with van der Waals surface area (Å²) in [5.41, 5.74) is 0.788. The highest BCUT2D eigenvalue weighted by Crippen LogP contribution is 2.33. The standard InChI is InChI=1S/C34H41Cl2N3O7S/c1-5-30(34(41)37-25-9-7-8-10-25)38(21-23-11-12-24(35)19-29(23)36)33(40)22-39(26-13-15-27(16-14-26)46-6-2)47(42,43)28-17-18-31(44-3)32(20-28)45-4/h11-20,25,30H,5-10,21-22H2,1-4H3,(H,37,41)/t30-/m1/s1. The Morgan fingerprint density at radius 3 is 2.21 bits per heavy atom. The van der Waals surface area contributed by atoms with Gasteiger partial charge in [0.2, 0.25) is 11.8 Å². The molecular formula is C34H41Cl2N3O7S. The summed E-state index contributed by atoms with van der Waals surface area (Å²) < 4.78 is 45.9. The van der Waals surface area contributed by atoms with E-state index in [1.165, 1.54) is 37.3 Å². The number of amides is 2. The number of rotatable bonds is 15. The topological polar surface area (TPSA) is 114 Å². The average Bonchev–Trinajstić information content (AvgIpc) is 3.57. The van der Waals surface area contributed by atoms with Crippen molar-refractivity contribution < 1.29 is 32.2 Å². The van der Waals surface area contributed by atoms with Gasteiger partial charge >= 0.3 is 0 Å². The molecule has 3 aromatic rings. The Balaban J connectivity index is 1.77. The quantitative estimate of drug-likeness (QED) is 0.193. The molecule has 2 amide bonds. The molecule has 1 N–H and O–H groups in total. The van der Waals surface area contributed by atoms with Crippen molar-refractivity contribution in [2.24, 2.45) is 0 Å². The third-order valence-corrected chi connectivity index (χ3v) is 10.5. The molecule has 3 aromatic carbocycles. The summed E-state index contributed by atoms with van der Waals surface area (Å²) in [7, 11) is -1.50. The zero-order valence-corrected chi connectivity index (χ0v) is 29.3. The van der Waals surface area contributed by atoms with Gasteiger partial charge < -0.3 is 24.4 Å². The monoisotopic (exact) mass is 705 g/mol. The van der Waals surface area contributed by atoms with Gasteiger partial charge in [0.15, 0.2) is 11.5 Å². The molecule has 4 rings (SSSR count). The predicted octanol–water partition coefficient (Wildman–Crippen LogP) is 6.47. The molecule has 1 atom stereocenters. The number of carbonyl (C=O) groups is 2. The molecule has 1 fully saturated rings. The third kappa shape index (κ3) is 8.82. The molecule has 0 unspecified atom stereocenters. The number of anilines is 1. The van der Waals surface area contributed by atoms with E-state index in [1.54, 1.807) is 42.5 Å². The van der Waals surface area contributed by atoms with Gasteiger partial charge in [-0.3, -0.25) is 13.9 Å². The second kappa shape index (κ2) is 16.4. The highest BCUT2D eigenvalue weighted by Gasteiger charge is 2.35. The van der Waals surface area contributed by atoms with Crippen LogP contribution >= 0.6 is 23.2 Å². The lowest BCUT2D eigenvalue weighted by atomic mass is 10.1. The van der Waals surface area contributed by atoms with E-state index in [1.807, 2.05) is 13.8 Å². The fraction of sp³-hybridized carbons (Fsp3) is 0.412. The summed E-state index contributed by atoms with van der Waals surface area (Å²) in [6, 6.07) is 14.7. The number of hydrogen-bond acceptors (Lipinski definition) is 7. The zero-order valence-electron chi connectivity index (χ0n) is 27.0. The molecule has 0 radical (unpaired) electrons. The van der Waals surface area contributed by atoms with E-state index in [2.05, 4.69) is 5.32 Å². The van der Waals surface area contributed by atoms with Crippen LogP contribution in [0.5, 0.6) is 17.2 Å². The van der Waals surface area contributed by atoms with Crippen LogP contribution < -0.4 is 23.8 Å². The normalized spacial score (nSPS) is 13.9. The van der Waals surface area contributed by atoms with Crippen molar-refractivity contribution in [1.82, 2.24) is 10.2 Å². The lowest BCUT2D eigenvalue weighted by Gasteiger charge is -2.34. The Morgan fingerprint density at radius 2 is 1.62 bits per heavy atom. The van der Waals surface area contributed by atoms with Crippen LogP contribution in [0.25, 0.3) is 0 Å². The lowest BCUT2D eigenvalue weighted by Crippen LogP contribution is -2.53. The van der Waals surface area contributed by atoms with Crippen LogP contribution in [0.4, 0.5) is 5.69 Å². The Morgan fingerprint density at radius 1 is 0.936 bits per heavy atom. The molecule has 1 aliphatic carbocycles. The number of sulfonamides is 1. The minimum Gasteiger partial charge on any atom is -0.494 e. The molecule has 10 nitrogen and oxygen atoms in total. The molecule has 47 heavy (non-hydrogen) atoms. The molecule has 0 bridgehead atoms. The van der Waals surface area contributed by atoms with Gasteiger partial charge in [0.05, 0.1) is 31.4 Å². The molecule has 0 heterocycles. The smallest absolute Gasteiger partial charge is 0.264 e. The first-order valence-corrected chi connectivity index (χ1v) is 17.7. The van der Waals surface area contributed by atoms with Crippen LogP contribution in [0, 0.1) is 0 Å². The number of carbonyl (C=O) groups excluding carboxylic acids is 2. The summed E-state index contributed by atoms with van der Waals surface area (Å²) >= 11 is 12.7. The molecule has 1 saturated carbocycles. The largest absolute Gasteiger partial charge is 0.494 e. The predicted molar refractivity (Wildman–Crippen MR) is 183 cm³/mol. The molecule has 13 heteroatoms. The van der Waals surface area contributed by atoms with Crippen LogP contribution in [0.1, 0.15) is 51.5 Å². The van der Waals surface area contributed by atoms with Crippen molar-refractivity contribution in [2.45, 2.75) is 69.5 Å². The number of ether oxygens (including phenoxy) is 3. The van der Waals surface area contributed by atoms with Gasteiger partial charge in [-0.05, 0) is 80.3 Å². The van der Waals surface area contributed by atoms with Crippen LogP contribution in [0.3, 0.4) is 0 Å². The van der Waals surface area contributed by atoms with Crippen molar-refractivity contribution in [3.8, 4) is 17.2 Å². The van der Waals surface area contributed by atoms with E-state index in [-0.39, 0.29) is 34.8 Å². The third-order valence-electron chi connectivity index (χ3n) is 8.10. The average molecular weight is 707 g/mol. The lowest BCUT2D eigenvalue weighted by molar-refractivity contribution is -0.140. The Kier molecular flexibility index (Phi) is 12.6. The van der Waals surface area contributed by atoms with Crippen molar-refractivity contribution >= 4 is 50.7 Å². The van der Waals surface area contributed by atoms with Gasteiger partial charge in [0.25, 0.3) is 10.0 Å². The summed E-state index contributed by atoms with van der Waals surface area (Å²) in [4.78, 5) is 29.4. The van der Waals surface area contributed by atoms with E-state index < -0.39 is 28.5 Å². The Bertz CT molecular complexity index is 1650. The van der Waals surface area contributed by atoms with E-state index in [0.29, 0.717) is 40.1 Å². The summed E-state index contributed by atoms with van der Waals surface area (Å²) in [5, 5.41) is 3.84. The maximum atomic E-state index is 14.4. The molecule has 0 aliphatic heterocycles. The maximum absolute atomic E-state index is 14.4. The molecule has 0 saturated heterocycles. The van der Waals surface area contributed by atoms with E-state index in [0.717, 1.165) is 30.0 Å². The van der Waals surface area contributed by atoms with Crippen molar-refractivity contribution in [1.29, 1.82) is 0 Å². The van der Waals surface area contributed by atoms with Gasteiger partial charge in [-0.25, -0.2) is 8.42 Å². The van der Waals surface area contributed by atoms with Crippen molar-refractivity contribution in [2.75, 3.05) is 31.7 Å². The van der Waals surface area contributed by atoms with E-state index in [9.17, 15) is 18.0 Å². The second-order valence-corrected chi connectivity index (χ2v) is 13.8.